The number of rotatable bonds is 8. The van der Waals surface area contributed by atoms with Gasteiger partial charge in [-0.1, -0.05) is 42.5 Å². The summed E-state index contributed by atoms with van der Waals surface area (Å²) in [5, 5.41) is 14.3. The molecule has 1 aliphatic rings. The second-order valence-electron chi connectivity index (χ2n) is 8.62. The zero-order chi connectivity index (χ0) is 25.8. The number of non-ortho nitro benzene ring substituents is 1. The van der Waals surface area contributed by atoms with Gasteiger partial charge in [0.05, 0.1) is 34.5 Å². The van der Waals surface area contributed by atoms with Gasteiger partial charge in [0.15, 0.2) is 0 Å². The molecule has 0 saturated carbocycles. The molecule has 1 unspecified atom stereocenters. The van der Waals surface area contributed by atoms with Crippen molar-refractivity contribution >= 4 is 40.8 Å². The number of fused-ring (bicyclic) bond motifs is 1. The molecule has 0 aliphatic carbocycles. The Morgan fingerprint density at radius 1 is 1.08 bits per heavy atom. The SMILES string of the molecule is NCCc1ccc(C(=Nc2ccc(C=Cc3cnc[nH]3)cc2)C2C(=O)Nc3ccc([N+](=O)[O-])cc32)cc1. The molecule has 0 spiro atoms. The minimum Gasteiger partial charge on any atom is -0.345 e. The molecule has 4 aromatic rings. The largest absolute Gasteiger partial charge is 0.345 e. The number of nitro groups is 1. The van der Waals surface area contributed by atoms with Gasteiger partial charge in [0.1, 0.15) is 5.92 Å². The van der Waals surface area contributed by atoms with Crippen molar-refractivity contribution in [2.24, 2.45) is 10.7 Å². The molecule has 1 aromatic heterocycles. The van der Waals surface area contributed by atoms with Gasteiger partial charge in [0, 0.05) is 23.4 Å². The van der Waals surface area contributed by atoms with E-state index in [1.807, 2.05) is 60.7 Å². The highest BCUT2D eigenvalue weighted by molar-refractivity contribution is 6.24. The maximum Gasteiger partial charge on any atom is 0.269 e. The summed E-state index contributed by atoms with van der Waals surface area (Å²) in [5.74, 6) is -1.07. The summed E-state index contributed by atoms with van der Waals surface area (Å²) in [7, 11) is 0. The lowest BCUT2D eigenvalue weighted by Crippen LogP contribution is -2.22. The summed E-state index contributed by atoms with van der Waals surface area (Å²) in [4.78, 5) is 36.0. The minimum atomic E-state index is -0.796. The number of carbonyl (C=O) groups excluding carboxylic acids is 1. The molecule has 1 atom stereocenters. The van der Waals surface area contributed by atoms with Crippen molar-refractivity contribution in [3.63, 3.8) is 0 Å². The van der Waals surface area contributed by atoms with Crippen LogP contribution in [0.3, 0.4) is 0 Å². The first-order valence-corrected chi connectivity index (χ1v) is 11.8. The summed E-state index contributed by atoms with van der Waals surface area (Å²) in [6.07, 6.45) is 7.96. The van der Waals surface area contributed by atoms with Crippen molar-refractivity contribution in [1.29, 1.82) is 0 Å². The fourth-order valence-electron chi connectivity index (χ4n) is 4.28. The number of aromatic nitrogens is 2. The average Bonchev–Trinajstić information content (AvgIpc) is 3.54. The molecule has 3 aromatic carbocycles. The molecule has 9 heteroatoms. The molecule has 5 rings (SSSR count). The smallest absolute Gasteiger partial charge is 0.269 e. The summed E-state index contributed by atoms with van der Waals surface area (Å²) in [5.41, 5.74) is 11.6. The topological polar surface area (TPSA) is 139 Å². The molecule has 9 nitrogen and oxygen atoms in total. The Morgan fingerprint density at radius 3 is 2.54 bits per heavy atom. The van der Waals surface area contributed by atoms with Crippen LogP contribution in [0.4, 0.5) is 17.1 Å². The molecular weight excluding hydrogens is 468 g/mol. The van der Waals surface area contributed by atoms with E-state index >= 15 is 0 Å². The molecular formula is C28H24N6O3. The van der Waals surface area contributed by atoms with Crippen LogP contribution in [-0.4, -0.2) is 33.1 Å². The molecule has 37 heavy (non-hydrogen) atoms. The predicted molar refractivity (Wildman–Crippen MR) is 144 cm³/mol. The van der Waals surface area contributed by atoms with Gasteiger partial charge in [-0.25, -0.2) is 4.98 Å². The van der Waals surface area contributed by atoms with E-state index in [1.54, 1.807) is 18.6 Å². The van der Waals surface area contributed by atoms with Crippen molar-refractivity contribution in [2.45, 2.75) is 12.3 Å². The first-order valence-electron chi connectivity index (χ1n) is 11.8. The predicted octanol–water partition coefficient (Wildman–Crippen LogP) is 4.85. The second kappa shape index (κ2) is 10.4. The number of carbonyl (C=O) groups is 1. The van der Waals surface area contributed by atoms with Gasteiger partial charge >= 0.3 is 0 Å². The van der Waals surface area contributed by atoms with Crippen molar-refractivity contribution in [3.05, 3.63) is 117 Å². The van der Waals surface area contributed by atoms with Gasteiger partial charge < -0.3 is 16.0 Å². The quantitative estimate of drug-likeness (QED) is 0.183. The normalized spacial score (nSPS) is 15.1. The fraction of sp³-hybridized carbons (Fsp3) is 0.107. The Labute approximate surface area is 212 Å². The lowest BCUT2D eigenvalue weighted by Gasteiger charge is -2.14. The number of aliphatic imine (C=N–C) groups is 1. The fourth-order valence-corrected chi connectivity index (χ4v) is 4.28. The number of nitro benzene ring substituents is 1. The highest BCUT2D eigenvalue weighted by Gasteiger charge is 2.36. The van der Waals surface area contributed by atoms with Crippen LogP contribution >= 0.6 is 0 Å². The zero-order valence-electron chi connectivity index (χ0n) is 19.8. The van der Waals surface area contributed by atoms with E-state index in [2.05, 4.69) is 15.3 Å². The van der Waals surface area contributed by atoms with Crippen LogP contribution < -0.4 is 11.1 Å². The lowest BCUT2D eigenvalue weighted by molar-refractivity contribution is -0.384. The van der Waals surface area contributed by atoms with E-state index < -0.39 is 10.8 Å². The number of H-pyrrole nitrogens is 1. The van der Waals surface area contributed by atoms with Gasteiger partial charge in [-0.15, -0.1) is 0 Å². The Hall–Kier alpha value is -4.89. The van der Waals surface area contributed by atoms with E-state index in [1.165, 1.54) is 12.1 Å². The Balaban J connectivity index is 1.55. The number of nitrogens with two attached hydrogens (primary N) is 1. The molecule has 1 aliphatic heterocycles. The van der Waals surface area contributed by atoms with Crippen LogP contribution in [-0.2, 0) is 11.2 Å². The van der Waals surface area contributed by atoms with Gasteiger partial charge in [-0.05, 0) is 53.9 Å². The van der Waals surface area contributed by atoms with Crippen LogP contribution in [0.15, 0.2) is 84.2 Å². The third-order valence-electron chi connectivity index (χ3n) is 6.15. The lowest BCUT2D eigenvalue weighted by atomic mass is 9.90. The van der Waals surface area contributed by atoms with Gasteiger partial charge in [-0.2, -0.15) is 0 Å². The number of benzene rings is 3. The third kappa shape index (κ3) is 5.21. The summed E-state index contributed by atoms with van der Waals surface area (Å²) < 4.78 is 0. The molecule has 0 fully saturated rings. The molecule has 2 heterocycles. The number of amides is 1. The minimum absolute atomic E-state index is 0.0775. The van der Waals surface area contributed by atoms with Crippen molar-refractivity contribution in [2.75, 3.05) is 11.9 Å². The first-order chi connectivity index (χ1) is 18.0. The van der Waals surface area contributed by atoms with E-state index in [-0.39, 0.29) is 11.6 Å². The van der Waals surface area contributed by atoms with Crippen molar-refractivity contribution in [1.82, 2.24) is 9.97 Å². The van der Waals surface area contributed by atoms with E-state index in [0.717, 1.165) is 28.8 Å². The maximum atomic E-state index is 13.1. The molecule has 1 amide bonds. The standard InChI is InChI=1S/C28H24N6O3/c29-14-13-19-1-6-20(7-2-19)27(26-24-15-23(34(36)37)11-12-25(24)33-28(26)35)32-21-8-3-18(4-9-21)5-10-22-16-30-17-31-22/h1-12,15-17,26H,13-14,29H2,(H,30,31)(H,33,35). The van der Waals surface area contributed by atoms with Gasteiger partial charge in [-0.3, -0.25) is 19.9 Å². The van der Waals surface area contributed by atoms with E-state index in [9.17, 15) is 14.9 Å². The van der Waals surface area contributed by atoms with E-state index in [0.29, 0.717) is 29.2 Å². The number of hydrogen-bond acceptors (Lipinski definition) is 6. The third-order valence-corrected chi connectivity index (χ3v) is 6.15. The van der Waals surface area contributed by atoms with Crippen LogP contribution in [0.1, 0.15) is 33.9 Å². The number of anilines is 1. The Kier molecular flexibility index (Phi) is 6.69. The van der Waals surface area contributed by atoms with Crippen molar-refractivity contribution < 1.29 is 9.72 Å². The first kappa shape index (κ1) is 23.8. The number of nitrogens with zero attached hydrogens (tertiary/aromatic N) is 3. The number of hydrogen-bond donors (Lipinski definition) is 3. The Bertz CT molecular complexity index is 1490. The molecule has 184 valence electrons. The number of nitrogens with one attached hydrogen (secondary N) is 2. The summed E-state index contributed by atoms with van der Waals surface area (Å²) >= 11 is 0. The van der Waals surface area contributed by atoms with Crippen LogP contribution in [0.5, 0.6) is 0 Å². The summed E-state index contributed by atoms with van der Waals surface area (Å²) in [6.45, 7) is 0.531. The number of aromatic amines is 1. The maximum absolute atomic E-state index is 13.1. The molecule has 0 radical (unpaired) electrons. The highest BCUT2D eigenvalue weighted by atomic mass is 16.6. The van der Waals surface area contributed by atoms with Gasteiger partial charge in [0.2, 0.25) is 5.91 Å². The second-order valence-corrected chi connectivity index (χ2v) is 8.62. The van der Waals surface area contributed by atoms with Crippen LogP contribution in [0.25, 0.3) is 12.2 Å². The monoisotopic (exact) mass is 492 g/mol. The average molecular weight is 493 g/mol. The Morgan fingerprint density at radius 2 is 1.86 bits per heavy atom. The highest BCUT2D eigenvalue weighted by Crippen LogP contribution is 2.38. The van der Waals surface area contributed by atoms with Gasteiger partial charge in [0.25, 0.3) is 5.69 Å². The van der Waals surface area contributed by atoms with E-state index in [4.69, 9.17) is 10.7 Å². The number of imidazole rings is 1. The summed E-state index contributed by atoms with van der Waals surface area (Å²) in [6, 6.07) is 19.7. The zero-order valence-corrected chi connectivity index (χ0v) is 19.8. The molecule has 0 bridgehead atoms. The van der Waals surface area contributed by atoms with Crippen molar-refractivity contribution in [3.8, 4) is 0 Å². The van der Waals surface area contributed by atoms with Crippen LogP contribution in [0.2, 0.25) is 0 Å². The van der Waals surface area contributed by atoms with Crippen LogP contribution in [0, 0.1) is 10.1 Å². The molecule has 4 N–H and O–H groups in total. The molecule has 0 saturated heterocycles.